The molecule has 4 nitrogen and oxygen atoms in total. The third-order valence-electron chi connectivity index (χ3n) is 4.26. The molecular weight excluding hydrogens is 364 g/mol. The van der Waals surface area contributed by atoms with E-state index in [1.54, 1.807) is 22.5 Å². The van der Waals surface area contributed by atoms with Gasteiger partial charge in [-0.25, -0.2) is 8.42 Å². The van der Waals surface area contributed by atoms with E-state index in [-0.39, 0.29) is 5.41 Å². The lowest BCUT2D eigenvalue weighted by Crippen LogP contribution is -2.33. The Bertz CT molecular complexity index is 629. The lowest BCUT2D eigenvalue weighted by atomic mass is 9.87. The van der Waals surface area contributed by atoms with Crippen LogP contribution in [0.2, 0.25) is 5.02 Å². The maximum absolute atomic E-state index is 12.7. The number of nitrogens with zero attached hydrogens (tertiary/aromatic N) is 1. The van der Waals surface area contributed by atoms with Crippen molar-refractivity contribution in [3.63, 3.8) is 0 Å². The molecule has 1 N–H and O–H groups in total. The summed E-state index contributed by atoms with van der Waals surface area (Å²) in [6.45, 7) is 3.12. The van der Waals surface area contributed by atoms with Crippen molar-refractivity contribution >= 4 is 37.6 Å². The van der Waals surface area contributed by atoms with E-state index >= 15 is 0 Å². The van der Waals surface area contributed by atoms with Crippen LogP contribution in [0.15, 0.2) is 27.6 Å². The smallest absolute Gasteiger partial charge is 0.243 e. The molecule has 3 rings (SSSR count). The van der Waals surface area contributed by atoms with Crippen molar-refractivity contribution in [3.05, 3.63) is 27.7 Å². The van der Waals surface area contributed by atoms with Gasteiger partial charge in [0.1, 0.15) is 0 Å². The van der Waals surface area contributed by atoms with Gasteiger partial charge in [0, 0.05) is 24.1 Å². The molecule has 2 aliphatic heterocycles. The zero-order valence-electron chi connectivity index (χ0n) is 10.9. The van der Waals surface area contributed by atoms with Crippen molar-refractivity contribution in [2.45, 2.75) is 17.7 Å². The third kappa shape index (κ3) is 2.52. The summed E-state index contributed by atoms with van der Waals surface area (Å²) in [5.41, 5.74) is 0.136. The third-order valence-corrected chi connectivity index (χ3v) is 7.32. The van der Waals surface area contributed by atoms with Crippen molar-refractivity contribution in [1.82, 2.24) is 9.62 Å². The molecule has 0 radical (unpaired) electrons. The Labute approximate surface area is 132 Å². The molecule has 1 aromatic rings. The Balaban J connectivity index is 1.87. The molecule has 2 aliphatic rings. The largest absolute Gasteiger partial charge is 0.316 e. The van der Waals surface area contributed by atoms with Crippen molar-refractivity contribution in [3.8, 4) is 0 Å². The predicted octanol–water partition coefficient (Wildman–Crippen LogP) is 2.48. The van der Waals surface area contributed by atoms with Gasteiger partial charge in [-0.05, 0) is 58.9 Å². The fourth-order valence-corrected chi connectivity index (χ4v) is 5.26. The van der Waals surface area contributed by atoms with Crippen molar-refractivity contribution in [2.24, 2.45) is 5.41 Å². The SMILES string of the molecule is O=S(=O)(c1ccc(Cl)c(Br)c1)N1CCC2(CCNC2)C1. The van der Waals surface area contributed by atoms with E-state index in [9.17, 15) is 8.42 Å². The molecule has 0 amide bonds. The van der Waals surface area contributed by atoms with E-state index in [0.717, 1.165) is 25.9 Å². The van der Waals surface area contributed by atoms with Gasteiger partial charge >= 0.3 is 0 Å². The van der Waals surface area contributed by atoms with Gasteiger partial charge in [0.2, 0.25) is 10.0 Å². The second-order valence-corrected chi connectivity index (χ2v) is 8.79. The molecule has 0 saturated carbocycles. The van der Waals surface area contributed by atoms with Crippen molar-refractivity contribution in [1.29, 1.82) is 0 Å². The van der Waals surface area contributed by atoms with Crippen LogP contribution in [0.25, 0.3) is 0 Å². The Morgan fingerprint density at radius 2 is 2.15 bits per heavy atom. The Morgan fingerprint density at radius 3 is 2.80 bits per heavy atom. The highest BCUT2D eigenvalue weighted by Gasteiger charge is 2.44. The number of hydrogen-bond donors (Lipinski definition) is 1. The standard InChI is InChI=1S/C13H16BrClN2O2S/c14-11-7-10(1-2-12(11)15)20(18,19)17-6-4-13(9-17)3-5-16-8-13/h1-2,7,16H,3-6,8-9H2. The van der Waals surface area contributed by atoms with Crippen LogP contribution in [0.4, 0.5) is 0 Å². The molecule has 1 unspecified atom stereocenters. The first-order chi connectivity index (χ1) is 9.43. The summed E-state index contributed by atoms with van der Waals surface area (Å²) >= 11 is 9.21. The van der Waals surface area contributed by atoms with Crippen LogP contribution in [0.3, 0.4) is 0 Å². The lowest BCUT2D eigenvalue weighted by Gasteiger charge is -2.22. The highest BCUT2D eigenvalue weighted by atomic mass is 79.9. The number of nitrogens with one attached hydrogen (secondary N) is 1. The first-order valence-electron chi connectivity index (χ1n) is 6.59. The second-order valence-electron chi connectivity index (χ2n) is 5.59. The first-order valence-corrected chi connectivity index (χ1v) is 9.20. The van der Waals surface area contributed by atoms with Crippen LogP contribution in [0.5, 0.6) is 0 Å². The van der Waals surface area contributed by atoms with Crippen molar-refractivity contribution in [2.75, 3.05) is 26.2 Å². The topological polar surface area (TPSA) is 49.4 Å². The molecule has 20 heavy (non-hydrogen) atoms. The number of benzene rings is 1. The molecule has 110 valence electrons. The number of halogens is 2. The molecule has 0 aromatic heterocycles. The van der Waals surface area contributed by atoms with Gasteiger partial charge in [0.25, 0.3) is 0 Å². The zero-order valence-corrected chi connectivity index (χ0v) is 14.1. The normalized spacial score (nSPS) is 27.5. The van der Waals surface area contributed by atoms with Crippen LogP contribution >= 0.6 is 27.5 Å². The molecule has 1 atom stereocenters. The molecular formula is C13H16BrClN2O2S. The minimum Gasteiger partial charge on any atom is -0.316 e. The summed E-state index contributed by atoms with van der Waals surface area (Å²) < 4.78 is 27.6. The summed E-state index contributed by atoms with van der Waals surface area (Å²) in [5.74, 6) is 0. The summed E-state index contributed by atoms with van der Waals surface area (Å²) in [5, 5.41) is 3.85. The Kier molecular flexibility index (Phi) is 3.88. The molecule has 1 spiro atoms. The van der Waals surface area contributed by atoms with Crippen LogP contribution in [0.1, 0.15) is 12.8 Å². The maximum atomic E-state index is 12.7. The van der Waals surface area contributed by atoms with E-state index in [1.165, 1.54) is 0 Å². The highest BCUT2D eigenvalue weighted by molar-refractivity contribution is 9.10. The number of hydrogen-bond acceptors (Lipinski definition) is 3. The summed E-state index contributed by atoms with van der Waals surface area (Å²) in [4.78, 5) is 0.303. The summed E-state index contributed by atoms with van der Waals surface area (Å²) in [6, 6.07) is 4.76. The quantitative estimate of drug-likeness (QED) is 0.859. The average Bonchev–Trinajstić information content (AvgIpc) is 3.04. The van der Waals surface area contributed by atoms with Crippen molar-refractivity contribution < 1.29 is 8.42 Å². The molecule has 1 aromatic carbocycles. The Morgan fingerprint density at radius 1 is 1.35 bits per heavy atom. The van der Waals surface area contributed by atoms with Crippen LogP contribution in [-0.2, 0) is 10.0 Å². The molecule has 7 heteroatoms. The summed E-state index contributed by atoms with van der Waals surface area (Å²) in [7, 11) is -3.42. The monoisotopic (exact) mass is 378 g/mol. The minimum absolute atomic E-state index is 0.136. The molecule has 2 saturated heterocycles. The fraction of sp³-hybridized carbons (Fsp3) is 0.538. The van der Waals surface area contributed by atoms with E-state index in [1.807, 2.05) is 0 Å². The van der Waals surface area contributed by atoms with E-state index in [0.29, 0.717) is 27.5 Å². The number of rotatable bonds is 2. The summed E-state index contributed by atoms with van der Waals surface area (Å²) in [6.07, 6.45) is 2.00. The maximum Gasteiger partial charge on any atom is 0.243 e. The van der Waals surface area contributed by atoms with Gasteiger partial charge in [0.15, 0.2) is 0 Å². The van der Waals surface area contributed by atoms with E-state index < -0.39 is 10.0 Å². The minimum atomic E-state index is -3.42. The average molecular weight is 380 g/mol. The van der Waals surface area contributed by atoms with Gasteiger partial charge in [-0.15, -0.1) is 0 Å². The van der Waals surface area contributed by atoms with Gasteiger partial charge in [-0.3, -0.25) is 0 Å². The zero-order chi connectivity index (χ0) is 14.4. The van der Waals surface area contributed by atoms with Gasteiger partial charge in [0.05, 0.1) is 9.92 Å². The second kappa shape index (κ2) is 5.25. The van der Waals surface area contributed by atoms with E-state index in [4.69, 9.17) is 11.6 Å². The van der Waals surface area contributed by atoms with Gasteiger partial charge < -0.3 is 5.32 Å². The lowest BCUT2D eigenvalue weighted by molar-refractivity contribution is 0.338. The van der Waals surface area contributed by atoms with Crippen LogP contribution in [-0.4, -0.2) is 38.9 Å². The van der Waals surface area contributed by atoms with Gasteiger partial charge in [-0.2, -0.15) is 4.31 Å². The first kappa shape index (κ1) is 14.8. The van der Waals surface area contributed by atoms with Gasteiger partial charge in [-0.1, -0.05) is 11.6 Å². The van der Waals surface area contributed by atoms with E-state index in [2.05, 4.69) is 21.2 Å². The predicted molar refractivity (Wildman–Crippen MR) is 82.4 cm³/mol. The Hall–Kier alpha value is -0.140. The van der Waals surface area contributed by atoms with Crippen LogP contribution < -0.4 is 5.32 Å². The number of sulfonamides is 1. The fourth-order valence-electron chi connectivity index (χ4n) is 3.03. The molecule has 0 bridgehead atoms. The molecule has 2 heterocycles. The highest BCUT2D eigenvalue weighted by Crippen LogP contribution is 2.38. The molecule has 0 aliphatic carbocycles. The van der Waals surface area contributed by atoms with Crippen LogP contribution in [0, 0.1) is 5.41 Å². The molecule has 2 fully saturated rings.